The first-order valence-corrected chi connectivity index (χ1v) is 32.8. The maximum Gasteiger partial charge on any atom is 0.412 e. The van der Waals surface area contributed by atoms with Crippen molar-refractivity contribution in [3.8, 4) is 5.75 Å². The Labute approximate surface area is 556 Å². The molecule has 4 aliphatic heterocycles. The van der Waals surface area contributed by atoms with Crippen molar-refractivity contribution in [1.29, 1.82) is 0 Å². The maximum atomic E-state index is 14.4. The summed E-state index contributed by atoms with van der Waals surface area (Å²) in [7, 11) is 8.60. The van der Waals surface area contributed by atoms with E-state index in [1.165, 1.54) is 87.9 Å². The second kappa shape index (κ2) is 33.0. The maximum absolute atomic E-state index is 14.4. The number of rotatable bonds is 20. The highest BCUT2D eigenvalue weighted by molar-refractivity contribution is 8.00. The topological polar surface area (TPSA) is 320 Å². The van der Waals surface area contributed by atoms with Gasteiger partial charge in [0.2, 0.25) is 23.6 Å². The highest BCUT2D eigenvalue weighted by Crippen LogP contribution is 2.49. The second-order valence-electron chi connectivity index (χ2n) is 24.2. The normalized spacial score (nSPS) is 26.2. The van der Waals surface area contributed by atoms with E-state index in [4.69, 9.17) is 49.5 Å². The molecule has 94 heavy (non-hydrogen) atoms. The molecular formula is C65H87ClN8O19S. The number of carbonyl (C=O) groups is 10. The molecule has 7 rings (SSSR count). The molecule has 0 aromatic heterocycles. The van der Waals surface area contributed by atoms with E-state index in [-0.39, 0.29) is 80.1 Å². The summed E-state index contributed by atoms with van der Waals surface area (Å²) in [5.41, 5.74) is -0.884. The van der Waals surface area contributed by atoms with Gasteiger partial charge in [0, 0.05) is 80.2 Å². The number of hydrogen-bond acceptors (Lipinski definition) is 20. The first-order chi connectivity index (χ1) is 44.6. The lowest BCUT2D eigenvalue weighted by molar-refractivity contribution is -0.162. The average molecular weight is 1350 g/mol. The molecule has 3 unspecified atom stereocenters. The van der Waals surface area contributed by atoms with Crippen LogP contribution in [0.1, 0.15) is 107 Å². The molecule has 0 radical (unpaired) electrons. The van der Waals surface area contributed by atoms with Crippen LogP contribution < -0.4 is 25.6 Å². The standard InChI is InChI=1S/C65H87ClN8O19S/c1-38-18-17-21-50(87-10)65(85)36-48(91-61(82)69-65)39(2)56-64(4,93-56)51(35-53(76)73(8)46-32-42(30-38)33-47(86-9)55(46)66)92-59(80)40(3)72(7)52(75)24-29-88-62(83)70(5)27-28-71(6)63(84)89-37-41-22-23-45(68-60(81)90-43-19-15-13-12-14-16-20-43)44(31-41)57(78)67-25-26-74-54(77)34-49(94-11)58(74)79/h15,17-19,21-23,31-33,39-40,43,48-51,56,85H,12-14,16,20,24-30,34-37H2,1-11H3,(H,67,78)(H,68,81)(H,69,82)/b19-15+,21-17+,38-18+/t39-,40+,43?,48+,49?,50-,51+,56+,64?,65+/m1/s1. The summed E-state index contributed by atoms with van der Waals surface area (Å²) in [6.07, 6.45) is 6.87. The van der Waals surface area contributed by atoms with Crippen molar-refractivity contribution in [1.82, 2.24) is 30.2 Å². The zero-order valence-electron chi connectivity index (χ0n) is 55.0. The minimum atomic E-state index is -1.91. The van der Waals surface area contributed by atoms with Gasteiger partial charge < -0.3 is 67.9 Å². The van der Waals surface area contributed by atoms with E-state index in [9.17, 15) is 53.1 Å². The molecule has 2 aromatic rings. The number of methoxy groups -OCH3 is 2. The van der Waals surface area contributed by atoms with E-state index in [1.807, 2.05) is 25.2 Å². The highest BCUT2D eigenvalue weighted by Gasteiger charge is 2.64. The number of alkyl carbamates (subject to hydrolysis) is 1. The van der Waals surface area contributed by atoms with Crippen LogP contribution in [0, 0.1) is 5.92 Å². The number of likely N-dealkylation sites (N-methyl/N-ethyl adjacent to an activating group) is 3. The lowest BCUT2D eigenvalue weighted by Crippen LogP contribution is -2.63. The van der Waals surface area contributed by atoms with Crippen LogP contribution in [0.5, 0.6) is 5.75 Å². The number of esters is 1. The Hall–Kier alpha value is -7.92. The summed E-state index contributed by atoms with van der Waals surface area (Å²) in [4.78, 5) is 140. The Morgan fingerprint density at radius 3 is 2.36 bits per heavy atom. The Kier molecular flexibility index (Phi) is 25.8. The van der Waals surface area contributed by atoms with Gasteiger partial charge >= 0.3 is 30.3 Å². The van der Waals surface area contributed by atoms with Crippen LogP contribution in [0.25, 0.3) is 0 Å². The van der Waals surface area contributed by atoms with Crippen molar-refractivity contribution in [2.24, 2.45) is 5.92 Å². The van der Waals surface area contributed by atoms with Crippen LogP contribution in [0.2, 0.25) is 5.02 Å². The second-order valence-corrected chi connectivity index (χ2v) is 25.7. The summed E-state index contributed by atoms with van der Waals surface area (Å²) < 4.78 is 46.0. The van der Waals surface area contributed by atoms with Crippen molar-refractivity contribution < 1.29 is 90.9 Å². The number of epoxide rings is 1. The number of benzene rings is 2. The average Bonchev–Trinajstić information content (AvgIpc) is 1.57. The zero-order valence-corrected chi connectivity index (χ0v) is 56.6. The number of nitrogens with zero attached hydrogens (tertiary/aromatic N) is 5. The fourth-order valence-electron chi connectivity index (χ4n) is 11.4. The van der Waals surface area contributed by atoms with E-state index in [0.717, 1.165) is 46.6 Å². The molecule has 4 heterocycles. The van der Waals surface area contributed by atoms with Gasteiger partial charge in [-0.2, -0.15) is 11.8 Å². The lowest BCUT2D eigenvalue weighted by Gasteiger charge is -2.42. The highest BCUT2D eigenvalue weighted by atomic mass is 35.5. The molecule has 9 amide bonds. The number of anilines is 2. The number of carbonyl (C=O) groups excluding carboxylic acids is 10. The molecule has 27 nitrogen and oxygen atoms in total. The summed E-state index contributed by atoms with van der Waals surface area (Å²) >= 11 is 8.11. The first-order valence-electron chi connectivity index (χ1n) is 31.1. The predicted molar refractivity (Wildman–Crippen MR) is 346 cm³/mol. The largest absolute Gasteiger partial charge is 0.495 e. The summed E-state index contributed by atoms with van der Waals surface area (Å²) in [6.45, 7) is 5.81. The van der Waals surface area contributed by atoms with E-state index in [0.29, 0.717) is 29.8 Å². The van der Waals surface area contributed by atoms with E-state index >= 15 is 0 Å². The molecule has 10 atom stereocenters. The number of amides is 9. The number of likely N-dealkylation sites (tertiary alicyclic amines) is 1. The summed E-state index contributed by atoms with van der Waals surface area (Å²) in [5.74, 6) is -3.69. The monoisotopic (exact) mass is 1350 g/mol. The van der Waals surface area contributed by atoms with Gasteiger partial charge in [0.25, 0.3) is 5.91 Å². The third-order valence-corrected chi connectivity index (χ3v) is 18.8. The molecule has 5 aliphatic rings. The first kappa shape index (κ1) is 73.5. The lowest BCUT2D eigenvalue weighted by atomic mass is 9.83. The van der Waals surface area contributed by atoms with Crippen LogP contribution in [-0.2, 0) is 70.2 Å². The van der Waals surface area contributed by atoms with Gasteiger partial charge in [0.1, 0.15) is 60.0 Å². The van der Waals surface area contributed by atoms with Gasteiger partial charge in [0.15, 0.2) is 5.72 Å². The van der Waals surface area contributed by atoms with Crippen molar-refractivity contribution in [2.45, 2.75) is 152 Å². The molecular weight excluding hydrogens is 1260 g/mol. The van der Waals surface area contributed by atoms with Crippen LogP contribution in [-0.4, -0.2) is 219 Å². The smallest absolute Gasteiger partial charge is 0.412 e. The van der Waals surface area contributed by atoms with Crippen LogP contribution in [0.15, 0.2) is 66.3 Å². The predicted octanol–water partition coefficient (Wildman–Crippen LogP) is 6.90. The molecule has 4 N–H and O–H groups in total. The number of halogens is 1. The third kappa shape index (κ3) is 18.7. The molecule has 3 fully saturated rings. The van der Waals surface area contributed by atoms with Gasteiger partial charge in [-0.05, 0) is 101 Å². The number of hydrogen-bond donors (Lipinski definition) is 4. The molecule has 1 aliphatic carbocycles. The van der Waals surface area contributed by atoms with Crippen molar-refractivity contribution in [3.63, 3.8) is 0 Å². The number of ether oxygens (including phenoxy) is 8. The minimum absolute atomic E-state index is 0.00247. The van der Waals surface area contributed by atoms with Gasteiger partial charge in [-0.15, -0.1) is 0 Å². The van der Waals surface area contributed by atoms with E-state index < -0.39 is 120 Å². The number of thioether (sulfide) groups is 1. The Morgan fingerprint density at radius 2 is 1.67 bits per heavy atom. The number of imide groups is 1. The van der Waals surface area contributed by atoms with Crippen molar-refractivity contribution >= 4 is 94.6 Å². The molecule has 3 saturated heterocycles. The molecule has 514 valence electrons. The quantitative estimate of drug-likeness (QED) is 0.0344. The minimum Gasteiger partial charge on any atom is -0.495 e. The van der Waals surface area contributed by atoms with Gasteiger partial charge in [-0.25, -0.2) is 24.0 Å². The van der Waals surface area contributed by atoms with E-state index in [2.05, 4.69) is 16.0 Å². The van der Waals surface area contributed by atoms with E-state index in [1.54, 1.807) is 50.5 Å². The Bertz CT molecular complexity index is 3260. The Balaban J connectivity index is 0.928. The fraction of sp³-hybridized carbons (Fsp3) is 0.569. The zero-order chi connectivity index (χ0) is 68.8. The number of aliphatic hydroxyl groups is 1. The molecule has 0 saturated carbocycles. The molecule has 0 spiro atoms. The number of nitrogens with one attached hydrogen (secondary N) is 3. The third-order valence-electron chi connectivity index (χ3n) is 17.5. The van der Waals surface area contributed by atoms with Crippen molar-refractivity contribution in [2.75, 3.05) is 91.7 Å². The van der Waals surface area contributed by atoms with Crippen LogP contribution in [0.3, 0.4) is 0 Å². The molecule has 4 bridgehead atoms. The number of allylic oxidation sites excluding steroid dienone is 4. The fourth-order valence-corrected chi connectivity index (χ4v) is 12.3. The van der Waals surface area contributed by atoms with Gasteiger partial charge in [0.05, 0.1) is 48.2 Å². The summed E-state index contributed by atoms with van der Waals surface area (Å²) in [5, 5.41) is 19.4. The summed E-state index contributed by atoms with van der Waals surface area (Å²) in [6, 6.07) is 6.70. The Morgan fingerprint density at radius 1 is 0.947 bits per heavy atom. The molecule has 2 aromatic carbocycles. The van der Waals surface area contributed by atoms with Crippen molar-refractivity contribution in [3.05, 3.63) is 88.0 Å². The van der Waals surface area contributed by atoms with Gasteiger partial charge in [-0.3, -0.25) is 39.5 Å². The number of fused-ring (bicyclic) bond motifs is 5. The molecule has 29 heteroatoms. The SMILES string of the molecule is COc1cc2cc(c1Cl)N(C)C(=O)C[C@H](OC(=O)[C@H](C)N(C)C(=O)CCOC(=O)N(C)CCN(C)C(=O)OCc1ccc(NC(=O)OC3/C=C/CCCCC3)c(C(=O)NCCN3C(=O)CC(SC)C3=O)c1)C1(C)O[C@H]1[C@H](C)[C@@H]1C[C@@](O)(NC(=O)O1)[C@H](OC)/C=C/C=C(\C)C2. The van der Waals surface area contributed by atoms with Crippen LogP contribution in [0.4, 0.5) is 30.6 Å². The van der Waals surface area contributed by atoms with Gasteiger partial charge in [-0.1, -0.05) is 60.9 Å². The van der Waals surface area contributed by atoms with Crippen LogP contribution >= 0.6 is 23.4 Å².